The van der Waals surface area contributed by atoms with Gasteiger partial charge in [-0.05, 0) is 44.4 Å². The first-order chi connectivity index (χ1) is 13.9. The van der Waals surface area contributed by atoms with Gasteiger partial charge in [0.2, 0.25) is 10.0 Å². The van der Waals surface area contributed by atoms with Crippen molar-refractivity contribution in [2.24, 2.45) is 0 Å². The van der Waals surface area contributed by atoms with Gasteiger partial charge in [-0.1, -0.05) is 55.0 Å². The molecule has 0 heterocycles. The number of ether oxygens (including phenoxy) is 1. The average Bonchev–Trinajstić information content (AvgIpc) is 2.70. The van der Waals surface area contributed by atoms with Gasteiger partial charge < -0.3 is 4.74 Å². The smallest absolute Gasteiger partial charge is 0.240 e. The molecule has 2 atom stereocenters. The van der Waals surface area contributed by atoms with E-state index in [9.17, 15) is 8.42 Å². The molecule has 0 bridgehead atoms. The SMILES string of the molecule is CCCC#CCC[C@@H](OCc1ccccc1)[C@H](C)NS(=O)(=O)c1ccc(C)cc1. The summed E-state index contributed by atoms with van der Waals surface area (Å²) in [6.45, 7) is 6.31. The molecule has 29 heavy (non-hydrogen) atoms. The monoisotopic (exact) mass is 413 g/mol. The van der Waals surface area contributed by atoms with Crippen LogP contribution in [0.1, 0.15) is 50.7 Å². The van der Waals surface area contributed by atoms with Crippen LogP contribution in [0.25, 0.3) is 0 Å². The van der Waals surface area contributed by atoms with Crippen molar-refractivity contribution in [2.75, 3.05) is 0 Å². The van der Waals surface area contributed by atoms with E-state index in [0.29, 0.717) is 19.4 Å². The van der Waals surface area contributed by atoms with Crippen LogP contribution < -0.4 is 4.72 Å². The lowest BCUT2D eigenvalue weighted by molar-refractivity contribution is 0.0192. The molecular formula is C24H31NO3S. The van der Waals surface area contributed by atoms with Gasteiger partial charge in [0.25, 0.3) is 0 Å². The predicted molar refractivity (Wildman–Crippen MR) is 118 cm³/mol. The van der Waals surface area contributed by atoms with Crippen molar-refractivity contribution in [1.82, 2.24) is 4.72 Å². The Morgan fingerprint density at radius 2 is 1.66 bits per heavy atom. The minimum Gasteiger partial charge on any atom is -0.372 e. The molecule has 0 unspecified atom stereocenters. The number of benzene rings is 2. The molecule has 2 rings (SSSR count). The van der Waals surface area contributed by atoms with Crippen molar-refractivity contribution in [3.63, 3.8) is 0 Å². The van der Waals surface area contributed by atoms with Crippen molar-refractivity contribution < 1.29 is 13.2 Å². The lowest BCUT2D eigenvalue weighted by Gasteiger charge is -2.25. The molecule has 2 aromatic carbocycles. The van der Waals surface area contributed by atoms with Crippen LogP contribution in [0.5, 0.6) is 0 Å². The number of nitrogens with one attached hydrogen (secondary N) is 1. The zero-order valence-electron chi connectivity index (χ0n) is 17.5. The molecule has 0 saturated carbocycles. The first kappa shape index (κ1) is 23.2. The Bertz CT molecular complexity index is 897. The van der Waals surface area contributed by atoms with Gasteiger partial charge >= 0.3 is 0 Å². The summed E-state index contributed by atoms with van der Waals surface area (Å²) >= 11 is 0. The van der Waals surface area contributed by atoms with E-state index in [1.165, 1.54) is 0 Å². The van der Waals surface area contributed by atoms with E-state index in [1.54, 1.807) is 24.3 Å². The minimum atomic E-state index is -3.61. The Hall–Kier alpha value is -2.13. The molecule has 0 aliphatic rings. The van der Waals surface area contributed by atoms with Gasteiger partial charge in [0.05, 0.1) is 17.6 Å². The maximum atomic E-state index is 12.8. The van der Waals surface area contributed by atoms with Gasteiger partial charge in [-0.15, -0.1) is 11.8 Å². The zero-order valence-corrected chi connectivity index (χ0v) is 18.3. The largest absolute Gasteiger partial charge is 0.372 e. The molecule has 5 heteroatoms. The predicted octanol–water partition coefficient (Wildman–Crippen LogP) is 4.83. The molecule has 0 radical (unpaired) electrons. The van der Waals surface area contributed by atoms with Crippen molar-refractivity contribution in [1.29, 1.82) is 0 Å². The second kappa shape index (κ2) is 11.8. The van der Waals surface area contributed by atoms with E-state index in [2.05, 4.69) is 23.5 Å². The molecule has 2 aromatic rings. The summed E-state index contributed by atoms with van der Waals surface area (Å²) in [4.78, 5) is 0.263. The van der Waals surface area contributed by atoms with E-state index in [0.717, 1.165) is 24.0 Å². The van der Waals surface area contributed by atoms with Crippen LogP contribution in [0.2, 0.25) is 0 Å². The van der Waals surface area contributed by atoms with E-state index < -0.39 is 10.0 Å². The van der Waals surface area contributed by atoms with Gasteiger partial charge in [0, 0.05) is 18.9 Å². The fourth-order valence-corrected chi connectivity index (χ4v) is 4.15. The summed E-state index contributed by atoms with van der Waals surface area (Å²) in [5.74, 6) is 6.30. The second-order valence-electron chi connectivity index (χ2n) is 7.20. The highest BCUT2D eigenvalue weighted by molar-refractivity contribution is 7.89. The Kier molecular flexibility index (Phi) is 9.40. The van der Waals surface area contributed by atoms with Crippen molar-refractivity contribution in [3.8, 4) is 11.8 Å². The third-order valence-electron chi connectivity index (χ3n) is 4.59. The Balaban J connectivity index is 2.06. The molecule has 0 aromatic heterocycles. The van der Waals surface area contributed by atoms with Gasteiger partial charge in [-0.3, -0.25) is 0 Å². The Morgan fingerprint density at radius 3 is 2.31 bits per heavy atom. The van der Waals surface area contributed by atoms with Crippen LogP contribution in [0.15, 0.2) is 59.5 Å². The zero-order chi connectivity index (χ0) is 21.1. The first-order valence-corrected chi connectivity index (χ1v) is 11.6. The van der Waals surface area contributed by atoms with E-state index >= 15 is 0 Å². The molecular weight excluding hydrogens is 382 g/mol. The van der Waals surface area contributed by atoms with E-state index in [-0.39, 0.29) is 17.0 Å². The average molecular weight is 414 g/mol. The van der Waals surface area contributed by atoms with Crippen LogP contribution in [0.4, 0.5) is 0 Å². The van der Waals surface area contributed by atoms with Crippen molar-refractivity contribution in [3.05, 3.63) is 65.7 Å². The first-order valence-electron chi connectivity index (χ1n) is 10.1. The van der Waals surface area contributed by atoms with Crippen LogP contribution >= 0.6 is 0 Å². The quantitative estimate of drug-likeness (QED) is 0.568. The van der Waals surface area contributed by atoms with Crippen LogP contribution in [0.3, 0.4) is 0 Å². The summed E-state index contributed by atoms with van der Waals surface area (Å²) < 4.78 is 34.4. The molecule has 0 amide bonds. The molecule has 0 fully saturated rings. The van der Waals surface area contributed by atoms with Gasteiger partial charge in [-0.2, -0.15) is 0 Å². The lowest BCUT2D eigenvalue weighted by Crippen LogP contribution is -2.42. The van der Waals surface area contributed by atoms with E-state index in [1.807, 2.05) is 44.2 Å². The molecule has 1 N–H and O–H groups in total. The van der Waals surface area contributed by atoms with Crippen LogP contribution in [0, 0.1) is 18.8 Å². The fraction of sp³-hybridized carbons (Fsp3) is 0.417. The Labute approximate surface area is 175 Å². The molecule has 0 aliphatic heterocycles. The van der Waals surface area contributed by atoms with Gasteiger partial charge in [-0.25, -0.2) is 13.1 Å². The van der Waals surface area contributed by atoms with Crippen molar-refractivity contribution >= 4 is 10.0 Å². The molecule has 0 saturated heterocycles. The maximum Gasteiger partial charge on any atom is 0.240 e. The summed E-state index contributed by atoms with van der Waals surface area (Å²) in [6.07, 6.45) is 2.99. The molecule has 156 valence electrons. The van der Waals surface area contributed by atoms with Gasteiger partial charge in [0.1, 0.15) is 0 Å². The Morgan fingerprint density at radius 1 is 1.00 bits per heavy atom. The number of unbranched alkanes of at least 4 members (excludes halogenated alkanes) is 1. The maximum absolute atomic E-state index is 12.8. The highest BCUT2D eigenvalue weighted by Gasteiger charge is 2.24. The number of aryl methyl sites for hydroxylation is 1. The van der Waals surface area contributed by atoms with E-state index in [4.69, 9.17) is 4.74 Å². The summed E-state index contributed by atoms with van der Waals surface area (Å²) in [5, 5.41) is 0. The number of hydrogen-bond donors (Lipinski definition) is 1. The molecule has 0 aliphatic carbocycles. The third kappa shape index (κ3) is 8.02. The summed E-state index contributed by atoms with van der Waals surface area (Å²) in [5.41, 5.74) is 2.08. The van der Waals surface area contributed by atoms with Crippen LogP contribution in [-0.2, 0) is 21.4 Å². The highest BCUT2D eigenvalue weighted by Crippen LogP contribution is 2.15. The minimum absolute atomic E-state index is 0.263. The topological polar surface area (TPSA) is 55.4 Å². The lowest BCUT2D eigenvalue weighted by atomic mass is 10.1. The normalized spacial score (nSPS) is 13.3. The second-order valence-corrected chi connectivity index (χ2v) is 8.91. The van der Waals surface area contributed by atoms with Crippen LogP contribution in [-0.4, -0.2) is 20.6 Å². The summed E-state index contributed by atoms with van der Waals surface area (Å²) in [6, 6.07) is 16.4. The number of hydrogen-bond acceptors (Lipinski definition) is 3. The summed E-state index contributed by atoms with van der Waals surface area (Å²) in [7, 11) is -3.61. The molecule has 4 nitrogen and oxygen atoms in total. The standard InChI is InChI=1S/C24H31NO3S/c1-4-5-6-7-11-14-24(28-19-22-12-9-8-10-13-22)21(3)25-29(26,27)23-17-15-20(2)16-18-23/h8-10,12-13,15-18,21,24-25H,4-5,11,14,19H2,1-3H3/t21-,24+/m0/s1. The molecule has 0 spiro atoms. The third-order valence-corrected chi connectivity index (χ3v) is 6.17. The fourth-order valence-electron chi connectivity index (χ4n) is 2.88. The highest BCUT2D eigenvalue weighted by atomic mass is 32.2. The number of rotatable bonds is 10. The number of sulfonamides is 1. The van der Waals surface area contributed by atoms with Crippen molar-refractivity contribution in [2.45, 2.75) is 70.1 Å². The van der Waals surface area contributed by atoms with Gasteiger partial charge in [0.15, 0.2) is 0 Å².